The van der Waals surface area contributed by atoms with Crippen molar-refractivity contribution in [3.8, 4) is 0 Å². The SMILES string of the molecule is CCC(C)(CC)N1CCC(CNCC(C)C)C1. The maximum absolute atomic E-state index is 3.61. The van der Waals surface area contributed by atoms with Crippen molar-refractivity contribution < 1.29 is 0 Å². The van der Waals surface area contributed by atoms with Crippen LogP contribution in [0.3, 0.4) is 0 Å². The van der Waals surface area contributed by atoms with E-state index in [1.54, 1.807) is 0 Å². The molecule has 2 heteroatoms. The lowest BCUT2D eigenvalue weighted by atomic mass is 9.93. The minimum atomic E-state index is 0.437. The van der Waals surface area contributed by atoms with Gasteiger partial charge in [-0.15, -0.1) is 0 Å². The Morgan fingerprint density at radius 1 is 1.29 bits per heavy atom. The highest BCUT2D eigenvalue weighted by Crippen LogP contribution is 2.29. The molecule has 0 saturated carbocycles. The average Bonchev–Trinajstić information content (AvgIpc) is 2.77. The van der Waals surface area contributed by atoms with Crippen LogP contribution in [0.2, 0.25) is 0 Å². The molecule has 0 bridgehead atoms. The van der Waals surface area contributed by atoms with E-state index in [0.717, 1.165) is 18.4 Å². The van der Waals surface area contributed by atoms with Gasteiger partial charge in [0.1, 0.15) is 0 Å². The van der Waals surface area contributed by atoms with Gasteiger partial charge in [-0.2, -0.15) is 0 Å². The Kier molecular flexibility index (Phi) is 5.94. The number of hydrogen-bond acceptors (Lipinski definition) is 2. The van der Waals surface area contributed by atoms with Crippen LogP contribution in [0, 0.1) is 11.8 Å². The molecule has 1 fully saturated rings. The van der Waals surface area contributed by atoms with Gasteiger partial charge in [0, 0.05) is 12.1 Å². The summed E-state index contributed by atoms with van der Waals surface area (Å²) in [7, 11) is 0. The predicted octanol–water partition coefficient (Wildman–Crippen LogP) is 3.13. The number of nitrogens with one attached hydrogen (secondary N) is 1. The fraction of sp³-hybridized carbons (Fsp3) is 1.00. The van der Waals surface area contributed by atoms with E-state index in [0.29, 0.717) is 5.54 Å². The van der Waals surface area contributed by atoms with Crippen LogP contribution in [0.5, 0.6) is 0 Å². The summed E-state index contributed by atoms with van der Waals surface area (Å²) in [5.74, 6) is 1.63. The second-order valence-corrected chi connectivity index (χ2v) is 6.36. The van der Waals surface area contributed by atoms with Gasteiger partial charge in [0.05, 0.1) is 0 Å². The fourth-order valence-corrected chi connectivity index (χ4v) is 2.76. The summed E-state index contributed by atoms with van der Waals surface area (Å²) in [5, 5.41) is 3.61. The molecule has 1 atom stereocenters. The molecule has 2 nitrogen and oxygen atoms in total. The van der Waals surface area contributed by atoms with Crippen molar-refractivity contribution in [3.05, 3.63) is 0 Å². The monoisotopic (exact) mass is 240 g/mol. The zero-order chi connectivity index (χ0) is 12.9. The first kappa shape index (κ1) is 15.0. The van der Waals surface area contributed by atoms with Gasteiger partial charge in [0.25, 0.3) is 0 Å². The third-order valence-electron chi connectivity index (χ3n) is 4.56. The molecule has 1 saturated heterocycles. The van der Waals surface area contributed by atoms with Crippen LogP contribution in [-0.4, -0.2) is 36.6 Å². The number of rotatable bonds is 7. The van der Waals surface area contributed by atoms with Gasteiger partial charge >= 0.3 is 0 Å². The standard InChI is InChI=1S/C15H32N2/c1-6-15(5,7-2)17-9-8-14(12-17)11-16-10-13(3)4/h13-14,16H,6-12H2,1-5H3. The van der Waals surface area contributed by atoms with Crippen molar-refractivity contribution in [2.75, 3.05) is 26.2 Å². The molecule has 0 aliphatic carbocycles. The van der Waals surface area contributed by atoms with Gasteiger partial charge in [-0.25, -0.2) is 0 Å². The van der Waals surface area contributed by atoms with E-state index in [1.165, 1.54) is 38.9 Å². The van der Waals surface area contributed by atoms with Gasteiger partial charge in [-0.05, 0) is 57.7 Å². The molecule has 17 heavy (non-hydrogen) atoms. The van der Waals surface area contributed by atoms with Crippen LogP contribution in [0.1, 0.15) is 53.9 Å². The highest BCUT2D eigenvalue weighted by Gasteiger charge is 2.33. The fourth-order valence-electron chi connectivity index (χ4n) is 2.76. The zero-order valence-corrected chi connectivity index (χ0v) is 12.6. The van der Waals surface area contributed by atoms with Crippen LogP contribution in [0.4, 0.5) is 0 Å². The Balaban J connectivity index is 2.32. The van der Waals surface area contributed by atoms with Gasteiger partial charge in [0.15, 0.2) is 0 Å². The highest BCUT2D eigenvalue weighted by atomic mass is 15.2. The largest absolute Gasteiger partial charge is 0.316 e. The molecule has 0 amide bonds. The second-order valence-electron chi connectivity index (χ2n) is 6.36. The quantitative estimate of drug-likeness (QED) is 0.735. The van der Waals surface area contributed by atoms with Gasteiger partial charge in [0.2, 0.25) is 0 Å². The Hall–Kier alpha value is -0.0800. The molecule has 102 valence electrons. The van der Waals surface area contributed by atoms with E-state index in [2.05, 4.69) is 44.8 Å². The first-order valence-corrected chi connectivity index (χ1v) is 7.47. The first-order valence-electron chi connectivity index (χ1n) is 7.47. The summed E-state index contributed by atoms with van der Waals surface area (Å²) in [6, 6.07) is 0. The van der Waals surface area contributed by atoms with E-state index in [1.807, 2.05) is 0 Å². The summed E-state index contributed by atoms with van der Waals surface area (Å²) in [6.07, 6.45) is 3.92. The minimum absolute atomic E-state index is 0.437. The predicted molar refractivity (Wildman–Crippen MR) is 76.4 cm³/mol. The van der Waals surface area contributed by atoms with Crippen molar-refractivity contribution in [3.63, 3.8) is 0 Å². The van der Waals surface area contributed by atoms with E-state index in [-0.39, 0.29) is 0 Å². The third kappa shape index (κ3) is 4.26. The van der Waals surface area contributed by atoms with Crippen molar-refractivity contribution in [1.29, 1.82) is 0 Å². The molecular formula is C15H32N2. The maximum Gasteiger partial charge on any atom is 0.0176 e. The normalized spacial score (nSPS) is 22.6. The lowest BCUT2D eigenvalue weighted by molar-refractivity contribution is 0.120. The molecule has 0 aromatic heterocycles. The lowest BCUT2D eigenvalue weighted by Gasteiger charge is -2.37. The Bertz CT molecular complexity index is 209. The van der Waals surface area contributed by atoms with Crippen molar-refractivity contribution in [2.45, 2.75) is 59.4 Å². The van der Waals surface area contributed by atoms with E-state index in [9.17, 15) is 0 Å². The van der Waals surface area contributed by atoms with E-state index < -0.39 is 0 Å². The summed E-state index contributed by atoms with van der Waals surface area (Å²) in [5.41, 5.74) is 0.437. The molecule has 0 spiro atoms. The van der Waals surface area contributed by atoms with Crippen molar-refractivity contribution >= 4 is 0 Å². The molecule has 0 aromatic carbocycles. The van der Waals surface area contributed by atoms with Crippen LogP contribution >= 0.6 is 0 Å². The minimum Gasteiger partial charge on any atom is -0.316 e. The van der Waals surface area contributed by atoms with Gasteiger partial charge in [-0.3, -0.25) is 4.90 Å². The Morgan fingerprint density at radius 2 is 1.94 bits per heavy atom. The highest BCUT2D eigenvalue weighted by molar-refractivity contribution is 4.89. The molecule has 1 unspecified atom stereocenters. The van der Waals surface area contributed by atoms with Crippen LogP contribution in [-0.2, 0) is 0 Å². The first-order chi connectivity index (χ1) is 8.01. The maximum atomic E-state index is 3.61. The van der Waals surface area contributed by atoms with Gasteiger partial charge < -0.3 is 5.32 Å². The molecule has 0 aromatic rings. The van der Waals surface area contributed by atoms with Gasteiger partial charge in [-0.1, -0.05) is 27.7 Å². The zero-order valence-electron chi connectivity index (χ0n) is 12.6. The smallest absolute Gasteiger partial charge is 0.0176 e. The molecule has 1 aliphatic rings. The second kappa shape index (κ2) is 6.75. The number of likely N-dealkylation sites (tertiary alicyclic amines) is 1. The summed E-state index contributed by atoms with van der Waals surface area (Å²) in [4.78, 5) is 2.72. The Labute approximate surface area is 108 Å². The summed E-state index contributed by atoms with van der Waals surface area (Å²) in [6.45, 7) is 16.6. The molecule has 1 rings (SSSR count). The lowest BCUT2D eigenvalue weighted by Crippen LogP contribution is -2.44. The van der Waals surface area contributed by atoms with Crippen molar-refractivity contribution in [1.82, 2.24) is 10.2 Å². The molecule has 1 N–H and O–H groups in total. The number of hydrogen-bond donors (Lipinski definition) is 1. The molecule has 1 heterocycles. The topological polar surface area (TPSA) is 15.3 Å². The van der Waals surface area contributed by atoms with Crippen LogP contribution < -0.4 is 5.32 Å². The van der Waals surface area contributed by atoms with E-state index in [4.69, 9.17) is 0 Å². The molecule has 0 radical (unpaired) electrons. The summed E-state index contributed by atoms with van der Waals surface area (Å²) < 4.78 is 0. The summed E-state index contributed by atoms with van der Waals surface area (Å²) >= 11 is 0. The van der Waals surface area contributed by atoms with Crippen LogP contribution in [0.25, 0.3) is 0 Å². The van der Waals surface area contributed by atoms with Crippen LogP contribution in [0.15, 0.2) is 0 Å². The van der Waals surface area contributed by atoms with E-state index >= 15 is 0 Å². The van der Waals surface area contributed by atoms with Crippen molar-refractivity contribution in [2.24, 2.45) is 11.8 Å². The molecular weight excluding hydrogens is 208 g/mol. The molecule has 1 aliphatic heterocycles. The third-order valence-corrected chi connectivity index (χ3v) is 4.56. The Morgan fingerprint density at radius 3 is 2.47 bits per heavy atom. The average molecular weight is 240 g/mol. The number of nitrogens with zero attached hydrogens (tertiary/aromatic N) is 1.